The van der Waals surface area contributed by atoms with E-state index < -0.39 is 0 Å². The average Bonchev–Trinajstić information content (AvgIpc) is 2.93. The number of halogens is 2. The molecule has 1 aliphatic rings. The van der Waals surface area contributed by atoms with Gasteiger partial charge in [-0.2, -0.15) is 11.8 Å². The second-order valence-corrected chi connectivity index (χ2v) is 6.71. The summed E-state index contributed by atoms with van der Waals surface area (Å²) in [4.78, 5) is 14.4. The standard InChI is InChI=1S/C14H17Cl2NOS/c1-17(10-6-8-19-9-10)7-5-13(18)11-3-2-4-12(15)14(11)16/h2-4,10H,5-9H2,1H3. The lowest BCUT2D eigenvalue weighted by atomic mass is 10.1. The van der Waals surface area contributed by atoms with Crippen LogP contribution in [0.1, 0.15) is 23.2 Å². The molecule has 2 rings (SSSR count). The summed E-state index contributed by atoms with van der Waals surface area (Å²) < 4.78 is 0. The Morgan fingerprint density at radius 1 is 1.47 bits per heavy atom. The first kappa shape index (κ1) is 15.2. The number of ketones is 1. The second kappa shape index (κ2) is 6.98. The number of Topliss-reactive ketones (excluding diaryl/α,β-unsaturated/α-hetero) is 1. The molecule has 104 valence electrons. The highest BCUT2D eigenvalue weighted by atomic mass is 35.5. The molecule has 0 aliphatic carbocycles. The molecule has 0 saturated carbocycles. The fourth-order valence-electron chi connectivity index (χ4n) is 2.18. The Balaban J connectivity index is 1.92. The van der Waals surface area contributed by atoms with Crippen molar-refractivity contribution in [3.8, 4) is 0 Å². The van der Waals surface area contributed by atoms with Crippen LogP contribution in [0.2, 0.25) is 10.0 Å². The van der Waals surface area contributed by atoms with Gasteiger partial charge in [-0.25, -0.2) is 0 Å². The molecule has 1 unspecified atom stereocenters. The van der Waals surface area contributed by atoms with Crippen molar-refractivity contribution < 1.29 is 4.79 Å². The van der Waals surface area contributed by atoms with Crippen LogP contribution in [0.3, 0.4) is 0 Å². The van der Waals surface area contributed by atoms with Crippen LogP contribution in [0.25, 0.3) is 0 Å². The van der Waals surface area contributed by atoms with Crippen molar-refractivity contribution in [1.82, 2.24) is 4.90 Å². The van der Waals surface area contributed by atoms with E-state index in [2.05, 4.69) is 11.9 Å². The highest BCUT2D eigenvalue weighted by Crippen LogP contribution is 2.27. The first-order chi connectivity index (χ1) is 9.09. The molecule has 5 heteroatoms. The molecule has 0 radical (unpaired) electrons. The van der Waals surface area contributed by atoms with Gasteiger partial charge in [-0.05, 0) is 31.4 Å². The normalized spacial score (nSPS) is 19.1. The summed E-state index contributed by atoms with van der Waals surface area (Å²) in [6.45, 7) is 0.771. The highest BCUT2D eigenvalue weighted by Gasteiger charge is 2.21. The fourth-order valence-corrected chi connectivity index (χ4v) is 3.89. The van der Waals surface area contributed by atoms with Crippen LogP contribution in [0.4, 0.5) is 0 Å². The fraction of sp³-hybridized carbons (Fsp3) is 0.500. The van der Waals surface area contributed by atoms with Gasteiger partial charge >= 0.3 is 0 Å². The summed E-state index contributed by atoms with van der Waals surface area (Å²) >= 11 is 14.0. The van der Waals surface area contributed by atoms with E-state index in [-0.39, 0.29) is 5.78 Å². The van der Waals surface area contributed by atoms with Gasteiger partial charge in [-0.3, -0.25) is 4.79 Å². The first-order valence-corrected chi connectivity index (χ1v) is 8.26. The highest BCUT2D eigenvalue weighted by molar-refractivity contribution is 7.99. The number of rotatable bonds is 5. The molecule has 19 heavy (non-hydrogen) atoms. The smallest absolute Gasteiger partial charge is 0.165 e. The van der Waals surface area contributed by atoms with Crippen molar-refractivity contribution in [3.05, 3.63) is 33.8 Å². The molecule has 1 atom stereocenters. The number of hydrogen-bond acceptors (Lipinski definition) is 3. The average molecular weight is 318 g/mol. The molecule has 0 bridgehead atoms. The largest absolute Gasteiger partial charge is 0.302 e. The molecule has 1 aromatic rings. The Morgan fingerprint density at radius 2 is 2.26 bits per heavy atom. The van der Waals surface area contributed by atoms with Crippen LogP contribution in [0.5, 0.6) is 0 Å². The van der Waals surface area contributed by atoms with E-state index in [0.29, 0.717) is 28.1 Å². The summed E-state index contributed by atoms with van der Waals surface area (Å²) in [7, 11) is 2.09. The van der Waals surface area contributed by atoms with Gasteiger partial charge in [0.2, 0.25) is 0 Å². The van der Waals surface area contributed by atoms with Crippen molar-refractivity contribution >= 4 is 40.7 Å². The van der Waals surface area contributed by atoms with Gasteiger partial charge in [0.15, 0.2) is 5.78 Å². The van der Waals surface area contributed by atoms with Gasteiger partial charge in [0.05, 0.1) is 10.0 Å². The molecule has 1 heterocycles. The molecule has 1 aliphatic heterocycles. The van der Waals surface area contributed by atoms with Gasteiger partial charge < -0.3 is 4.90 Å². The minimum Gasteiger partial charge on any atom is -0.302 e. The van der Waals surface area contributed by atoms with Crippen molar-refractivity contribution in [3.63, 3.8) is 0 Å². The van der Waals surface area contributed by atoms with Crippen LogP contribution in [0.15, 0.2) is 18.2 Å². The van der Waals surface area contributed by atoms with E-state index in [0.717, 1.165) is 6.54 Å². The Kier molecular flexibility index (Phi) is 5.58. The maximum absolute atomic E-state index is 12.2. The number of carbonyl (C=O) groups excluding carboxylic acids is 1. The third-order valence-corrected chi connectivity index (χ3v) is 5.44. The maximum Gasteiger partial charge on any atom is 0.165 e. The Hall–Kier alpha value is -0.220. The van der Waals surface area contributed by atoms with Crippen LogP contribution < -0.4 is 0 Å². The van der Waals surface area contributed by atoms with Crippen LogP contribution in [0, 0.1) is 0 Å². The van der Waals surface area contributed by atoms with Crippen molar-refractivity contribution in [2.45, 2.75) is 18.9 Å². The number of carbonyl (C=O) groups is 1. The minimum absolute atomic E-state index is 0.0602. The molecule has 1 fully saturated rings. The number of benzene rings is 1. The van der Waals surface area contributed by atoms with Gasteiger partial charge in [-0.15, -0.1) is 0 Å². The van der Waals surface area contributed by atoms with Crippen LogP contribution >= 0.6 is 35.0 Å². The van der Waals surface area contributed by atoms with Gasteiger partial charge in [0, 0.05) is 30.3 Å². The van der Waals surface area contributed by atoms with E-state index >= 15 is 0 Å². The summed E-state index contributed by atoms with van der Waals surface area (Å²) in [5, 5.41) is 0.807. The summed E-state index contributed by atoms with van der Waals surface area (Å²) in [6.07, 6.45) is 1.70. The maximum atomic E-state index is 12.2. The lowest BCUT2D eigenvalue weighted by Crippen LogP contribution is -2.33. The van der Waals surface area contributed by atoms with E-state index in [1.807, 2.05) is 11.8 Å². The zero-order chi connectivity index (χ0) is 13.8. The minimum atomic E-state index is 0.0602. The topological polar surface area (TPSA) is 20.3 Å². The summed E-state index contributed by atoms with van der Waals surface area (Å²) in [5.41, 5.74) is 0.531. The number of thioether (sulfide) groups is 1. The number of hydrogen-bond donors (Lipinski definition) is 0. The molecule has 0 amide bonds. The van der Waals surface area contributed by atoms with Gasteiger partial charge in [-0.1, -0.05) is 29.3 Å². The monoisotopic (exact) mass is 317 g/mol. The molecule has 1 saturated heterocycles. The predicted molar refractivity (Wildman–Crippen MR) is 83.8 cm³/mol. The van der Waals surface area contributed by atoms with Crippen molar-refractivity contribution in [2.75, 3.05) is 25.1 Å². The van der Waals surface area contributed by atoms with E-state index in [1.54, 1.807) is 18.2 Å². The molecule has 1 aromatic carbocycles. The lowest BCUT2D eigenvalue weighted by Gasteiger charge is -2.22. The van der Waals surface area contributed by atoms with E-state index in [9.17, 15) is 4.79 Å². The van der Waals surface area contributed by atoms with Gasteiger partial charge in [0.1, 0.15) is 0 Å². The quantitative estimate of drug-likeness (QED) is 0.765. The summed E-state index contributed by atoms with van der Waals surface area (Å²) in [5.74, 6) is 2.45. The van der Waals surface area contributed by atoms with Crippen molar-refractivity contribution in [1.29, 1.82) is 0 Å². The van der Waals surface area contributed by atoms with Crippen LogP contribution in [-0.4, -0.2) is 41.8 Å². The molecular formula is C14H17Cl2NOS. The third kappa shape index (κ3) is 3.88. The Bertz CT molecular complexity index is 461. The van der Waals surface area contributed by atoms with Crippen molar-refractivity contribution in [2.24, 2.45) is 0 Å². The lowest BCUT2D eigenvalue weighted by molar-refractivity contribution is 0.0963. The van der Waals surface area contributed by atoms with E-state index in [1.165, 1.54) is 17.9 Å². The van der Waals surface area contributed by atoms with Gasteiger partial charge in [0.25, 0.3) is 0 Å². The Labute approximate surface area is 128 Å². The molecule has 0 aromatic heterocycles. The number of nitrogens with zero attached hydrogens (tertiary/aromatic N) is 1. The molecule has 0 spiro atoms. The van der Waals surface area contributed by atoms with E-state index in [4.69, 9.17) is 23.2 Å². The zero-order valence-electron chi connectivity index (χ0n) is 10.9. The first-order valence-electron chi connectivity index (χ1n) is 6.35. The molecular weight excluding hydrogens is 301 g/mol. The predicted octanol–water partition coefficient (Wildman–Crippen LogP) is 4.00. The zero-order valence-corrected chi connectivity index (χ0v) is 13.2. The molecule has 2 nitrogen and oxygen atoms in total. The Morgan fingerprint density at radius 3 is 2.95 bits per heavy atom. The second-order valence-electron chi connectivity index (χ2n) is 4.77. The SMILES string of the molecule is CN(CCC(=O)c1cccc(Cl)c1Cl)C1CCSC1. The third-order valence-electron chi connectivity index (χ3n) is 3.47. The molecule has 0 N–H and O–H groups in total. The summed E-state index contributed by atoms with van der Waals surface area (Å²) in [6, 6.07) is 5.80. The van der Waals surface area contributed by atoms with Crippen LogP contribution in [-0.2, 0) is 0 Å².